The van der Waals surface area contributed by atoms with Gasteiger partial charge in [-0.05, 0) is 43.3 Å². The van der Waals surface area contributed by atoms with Gasteiger partial charge in [-0.2, -0.15) is 4.98 Å². The Labute approximate surface area is 212 Å². The molecule has 10 heteroatoms. The minimum absolute atomic E-state index is 0.0186. The first kappa shape index (κ1) is 24.9. The molecule has 0 unspecified atom stereocenters. The molecule has 0 amide bonds. The van der Waals surface area contributed by atoms with Gasteiger partial charge in [-0.1, -0.05) is 29.8 Å². The Bertz CT molecular complexity index is 1340. The molecule has 0 aliphatic heterocycles. The van der Waals surface area contributed by atoms with Gasteiger partial charge in [-0.25, -0.2) is 14.2 Å². The number of ether oxygens (including phenoxy) is 2. The van der Waals surface area contributed by atoms with Crippen LogP contribution in [0.1, 0.15) is 17.3 Å². The lowest BCUT2D eigenvalue weighted by Crippen LogP contribution is -2.14. The van der Waals surface area contributed by atoms with Crippen molar-refractivity contribution in [1.82, 2.24) is 15.0 Å². The average Bonchev–Trinajstić information content (AvgIpc) is 2.90. The van der Waals surface area contributed by atoms with Crippen LogP contribution in [-0.2, 0) is 4.74 Å². The molecule has 0 saturated carbocycles. The Morgan fingerprint density at radius 2 is 1.92 bits per heavy atom. The number of carbonyl (C=O) groups is 1. The maximum Gasteiger partial charge on any atom is 0.339 e. The van der Waals surface area contributed by atoms with E-state index in [-0.39, 0.29) is 17.6 Å². The summed E-state index contributed by atoms with van der Waals surface area (Å²) in [5.41, 5.74) is 2.09. The van der Waals surface area contributed by atoms with Crippen LogP contribution in [0.25, 0.3) is 11.1 Å². The van der Waals surface area contributed by atoms with Gasteiger partial charge in [0.1, 0.15) is 24.0 Å². The van der Waals surface area contributed by atoms with Gasteiger partial charge in [0, 0.05) is 35.4 Å². The number of benzene rings is 2. The zero-order valence-corrected chi connectivity index (χ0v) is 20.1. The highest BCUT2D eigenvalue weighted by Gasteiger charge is 2.14. The van der Waals surface area contributed by atoms with Gasteiger partial charge in [0.25, 0.3) is 0 Å². The van der Waals surface area contributed by atoms with Crippen LogP contribution in [0.15, 0.2) is 73.2 Å². The first-order valence-corrected chi connectivity index (χ1v) is 11.5. The Morgan fingerprint density at radius 1 is 1.08 bits per heavy atom. The minimum Gasteiger partial charge on any atom is -0.492 e. The highest BCUT2D eigenvalue weighted by atomic mass is 35.5. The minimum atomic E-state index is -0.520. The van der Waals surface area contributed by atoms with E-state index in [9.17, 15) is 9.18 Å². The van der Waals surface area contributed by atoms with E-state index in [4.69, 9.17) is 21.1 Å². The van der Waals surface area contributed by atoms with Crippen molar-refractivity contribution >= 4 is 35.0 Å². The summed E-state index contributed by atoms with van der Waals surface area (Å²) in [4.78, 5) is 25.3. The molecule has 0 atom stereocenters. The summed E-state index contributed by atoms with van der Waals surface area (Å²) in [5.74, 6) is 0.518. The highest BCUT2D eigenvalue weighted by Crippen LogP contribution is 2.28. The van der Waals surface area contributed by atoms with E-state index in [1.54, 1.807) is 25.4 Å². The standard InChI is InChI=1S/C26H23ClFN5O3/c1-2-35-25(34)18-12-17(14-29-15-18)21-16-31-26(32-19-8-9-23(28)22(27)13-19)33-24(21)30-10-11-36-20-6-4-3-5-7-20/h3-9,12-16H,2,10-11H2,1H3,(H2,30,31,32,33). The van der Waals surface area contributed by atoms with E-state index in [2.05, 4.69) is 25.6 Å². The van der Waals surface area contributed by atoms with Crippen LogP contribution in [0.3, 0.4) is 0 Å². The molecular weight excluding hydrogens is 485 g/mol. The van der Waals surface area contributed by atoms with Crippen molar-refractivity contribution in [2.75, 3.05) is 30.4 Å². The summed E-state index contributed by atoms with van der Waals surface area (Å²) in [7, 11) is 0. The molecule has 0 spiro atoms. The van der Waals surface area contributed by atoms with E-state index >= 15 is 0 Å². The Morgan fingerprint density at radius 3 is 2.69 bits per heavy atom. The second kappa shape index (κ2) is 11.9. The molecule has 2 aromatic heterocycles. The number of anilines is 3. The number of nitrogens with one attached hydrogen (secondary N) is 2. The number of rotatable bonds is 10. The van der Waals surface area contributed by atoms with E-state index in [1.165, 1.54) is 24.4 Å². The summed E-state index contributed by atoms with van der Waals surface area (Å²) < 4.78 is 24.4. The van der Waals surface area contributed by atoms with E-state index in [0.717, 1.165) is 5.75 Å². The van der Waals surface area contributed by atoms with Crippen molar-refractivity contribution in [3.8, 4) is 16.9 Å². The molecule has 2 heterocycles. The van der Waals surface area contributed by atoms with E-state index in [0.29, 0.717) is 41.3 Å². The summed E-state index contributed by atoms with van der Waals surface area (Å²) in [6.45, 7) is 2.81. The lowest BCUT2D eigenvalue weighted by Gasteiger charge is -2.14. The fraction of sp³-hybridized carbons (Fsp3) is 0.154. The molecule has 0 aliphatic carbocycles. The summed E-state index contributed by atoms with van der Waals surface area (Å²) in [6, 6.07) is 15.4. The maximum atomic E-state index is 13.5. The maximum absolute atomic E-state index is 13.5. The number of carbonyl (C=O) groups excluding carboxylic acids is 1. The molecule has 0 saturated heterocycles. The number of halogens is 2. The van der Waals surface area contributed by atoms with Crippen molar-refractivity contribution < 1.29 is 18.7 Å². The van der Waals surface area contributed by atoms with Crippen LogP contribution in [0.2, 0.25) is 5.02 Å². The first-order valence-electron chi connectivity index (χ1n) is 11.2. The lowest BCUT2D eigenvalue weighted by atomic mass is 10.1. The molecule has 0 bridgehead atoms. The Balaban J connectivity index is 1.58. The molecular formula is C26H23ClFN5O3. The van der Waals surface area contributed by atoms with Crippen LogP contribution >= 0.6 is 11.6 Å². The quantitative estimate of drug-likeness (QED) is 0.207. The third-order valence-electron chi connectivity index (χ3n) is 4.93. The molecule has 0 aliphatic rings. The van der Waals surface area contributed by atoms with Crippen molar-refractivity contribution in [2.45, 2.75) is 6.92 Å². The first-order chi connectivity index (χ1) is 17.5. The van der Waals surface area contributed by atoms with Crippen molar-refractivity contribution in [2.24, 2.45) is 0 Å². The van der Waals surface area contributed by atoms with Gasteiger partial charge < -0.3 is 20.1 Å². The zero-order valence-electron chi connectivity index (χ0n) is 19.4. The Kier molecular flexibility index (Phi) is 8.25. The molecule has 0 fully saturated rings. The fourth-order valence-corrected chi connectivity index (χ4v) is 3.44. The molecule has 2 N–H and O–H groups in total. The molecule has 184 valence electrons. The van der Waals surface area contributed by atoms with Crippen molar-refractivity contribution in [1.29, 1.82) is 0 Å². The molecule has 36 heavy (non-hydrogen) atoms. The van der Waals surface area contributed by atoms with Crippen LogP contribution in [0.5, 0.6) is 5.75 Å². The predicted molar refractivity (Wildman–Crippen MR) is 136 cm³/mol. The number of pyridine rings is 1. The Hall–Kier alpha value is -4.24. The van der Waals surface area contributed by atoms with Crippen molar-refractivity contribution in [3.05, 3.63) is 89.6 Å². The largest absolute Gasteiger partial charge is 0.492 e. The topological polar surface area (TPSA) is 98.3 Å². The second-order valence-electron chi connectivity index (χ2n) is 7.48. The van der Waals surface area contributed by atoms with Gasteiger partial charge >= 0.3 is 5.97 Å². The third-order valence-corrected chi connectivity index (χ3v) is 5.22. The van der Waals surface area contributed by atoms with E-state index < -0.39 is 11.8 Å². The van der Waals surface area contributed by atoms with E-state index in [1.807, 2.05) is 30.3 Å². The van der Waals surface area contributed by atoms with Crippen LogP contribution in [0, 0.1) is 5.82 Å². The molecule has 8 nitrogen and oxygen atoms in total. The normalized spacial score (nSPS) is 10.5. The third kappa shape index (κ3) is 6.45. The van der Waals surface area contributed by atoms with Crippen LogP contribution < -0.4 is 15.4 Å². The number of hydrogen-bond donors (Lipinski definition) is 2. The van der Waals surface area contributed by atoms with Gasteiger partial charge in [-0.3, -0.25) is 4.98 Å². The molecule has 2 aromatic carbocycles. The summed E-state index contributed by atoms with van der Waals surface area (Å²) in [6.07, 6.45) is 4.66. The molecule has 0 radical (unpaired) electrons. The number of esters is 1. The smallest absolute Gasteiger partial charge is 0.339 e. The highest BCUT2D eigenvalue weighted by molar-refractivity contribution is 6.31. The fourth-order valence-electron chi connectivity index (χ4n) is 3.26. The second-order valence-corrected chi connectivity index (χ2v) is 7.89. The van der Waals surface area contributed by atoms with Crippen molar-refractivity contribution in [3.63, 3.8) is 0 Å². The predicted octanol–water partition coefficient (Wildman–Crippen LogP) is 5.74. The number of nitrogens with zero attached hydrogens (tertiary/aromatic N) is 3. The van der Waals surface area contributed by atoms with Gasteiger partial charge in [0.15, 0.2) is 0 Å². The monoisotopic (exact) mass is 507 g/mol. The summed E-state index contributed by atoms with van der Waals surface area (Å²) >= 11 is 5.89. The number of para-hydroxylation sites is 1. The van der Waals surface area contributed by atoms with Crippen LogP contribution in [-0.4, -0.2) is 40.7 Å². The number of aromatic nitrogens is 3. The zero-order chi connectivity index (χ0) is 25.3. The number of hydrogen-bond acceptors (Lipinski definition) is 8. The summed E-state index contributed by atoms with van der Waals surface area (Å²) in [5, 5.41) is 6.26. The SMILES string of the molecule is CCOC(=O)c1cncc(-c2cnc(Nc3ccc(F)c(Cl)c3)nc2NCCOc2ccccc2)c1. The van der Waals surface area contributed by atoms with Gasteiger partial charge in [0.2, 0.25) is 5.95 Å². The average molecular weight is 508 g/mol. The van der Waals surface area contributed by atoms with Gasteiger partial charge in [0.05, 0.1) is 23.7 Å². The molecule has 4 rings (SSSR count). The molecule has 4 aromatic rings. The lowest BCUT2D eigenvalue weighted by molar-refractivity contribution is 0.0526. The van der Waals surface area contributed by atoms with Gasteiger partial charge in [-0.15, -0.1) is 0 Å². The van der Waals surface area contributed by atoms with Crippen LogP contribution in [0.4, 0.5) is 21.8 Å².